The molecule has 38 heavy (non-hydrogen) atoms. The Morgan fingerprint density at radius 1 is 1.11 bits per heavy atom. The summed E-state index contributed by atoms with van der Waals surface area (Å²) in [5.74, 6) is -3.46. The van der Waals surface area contributed by atoms with E-state index in [1.54, 1.807) is 18.2 Å². The molecular weight excluding hydrogens is 517 g/mol. The highest BCUT2D eigenvalue weighted by molar-refractivity contribution is 6.10. The number of methoxy groups -OCH3 is 1. The lowest BCUT2D eigenvalue weighted by molar-refractivity contribution is -0.192. The van der Waals surface area contributed by atoms with E-state index in [1.807, 2.05) is 0 Å². The van der Waals surface area contributed by atoms with Gasteiger partial charge >= 0.3 is 18.1 Å². The van der Waals surface area contributed by atoms with Crippen molar-refractivity contribution in [1.82, 2.24) is 10.3 Å². The molecule has 1 fully saturated rings. The molecule has 1 aliphatic heterocycles. The number of ether oxygens (including phenoxy) is 3. The van der Waals surface area contributed by atoms with Gasteiger partial charge in [-0.3, -0.25) is 9.59 Å². The summed E-state index contributed by atoms with van der Waals surface area (Å²) < 4.78 is 48.1. The smallest absolute Gasteiger partial charge is 0.490 e. The monoisotopic (exact) mass is 542 g/mol. The van der Waals surface area contributed by atoms with E-state index < -0.39 is 23.7 Å². The second-order valence-electron chi connectivity index (χ2n) is 8.41. The zero-order chi connectivity index (χ0) is 28.7. The lowest BCUT2D eigenvalue weighted by Crippen LogP contribution is -2.38. The fraction of sp³-hybridized carbons (Fsp3) is 0.375. The summed E-state index contributed by atoms with van der Waals surface area (Å²) in [6, 6.07) is 7.66. The van der Waals surface area contributed by atoms with Crippen molar-refractivity contribution in [3.63, 3.8) is 0 Å². The van der Waals surface area contributed by atoms with E-state index in [4.69, 9.17) is 24.1 Å². The van der Waals surface area contributed by atoms with Gasteiger partial charge in [0.25, 0.3) is 0 Å². The lowest BCUT2D eigenvalue weighted by atomic mass is 10.0. The van der Waals surface area contributed by atoms with E-state index in [0.29, 0.717) is 31.1 Å². The molecule has 1 amide bonds. The maximum atomic E-state index is 13.0. The molecule has 0 radical (unpaired) electrons. The van der Waals surface area contributed by atoms with Gasteiger partial charge in [-0.15, -0.1) is 0 Å². The number of amides is 1. The molecule has 0 aliphatic carbocycles. The van der Waals surface area contributed by atoms with Gasteiger partial charge in [-0.05, 0) is 38.5 Å². The fourth-order valence-electron chi connectivity index (χ4n) is 2.96. The third-order valence-corrected chi connectivity index (χ3v) is 5.07. The molecular formula is C24H25F3N2O9. The number of pyridine rings is 1. The predicted molar refractivity (Wildman–Crippen MR) is 123 cm³/mol. The second-order valence-corrected chi connectivity index (χ2v) is 8.41. The van der Waals surface area contributed by atoms with Crippen LogP contribution in [0.3, 0.4) is 0 Å². The molecule has 1 aromatic carbocycles. The van der Waals surface area contributed by atoms with E-state index >= 15 is 0 Å². The van der Waals surface area contributed by atoms with Crippen LogP contribution in [0.5, 0.6) is 17.4 Å². The van der Waals surface area contributed by atoms with Crippen molar-refractivity contribution >= 4 is 23.6 Å². The molecule has 1 aromatic heterocycles. The van der Waals surface area contributed by atoms with Crippen molar-refractivity contribution < 1.29 is 56.8 Å². The molecule has 0 unspecified atom stereocenters. The molecule has 0 saturated carbocycles. The molecule has 3 N–H and O–H groups in total. The van der Waals surface area contributed by atoms with Crippen molar-refractivity contribution in [3.05, 3.63) is 47.7 Å². The SMILES string of the molecule is COc1ccc(C(=O)c2ccc(OC[C@@H]3CCC(=O)N3)nc2)c(OC(C)(C)C(=O)O)c1.O=C(O)C(F)(F)F. The number of aliphatic carboxylic acids is 2. The summed E-state index contributed by atoms with van der Waals surface area (Å²) in [6.07, 6.45) is -2.51. The Kier molecular flexibility index (Phi) is 9.63. The van der Waals surface area contributed by atoms with Gasteiger partial charge in [0.15, 0.2) is 11.4 Å². The fourth-order valence-corrected chi connectivity index (χ4v) is 2.96. The van der Waals surface area contributed by atoms with Crippen molar-refractivity contribution in [3.8, 4) is 17.4 Å². The number of ketones is 1. The van der Waals surface area contributed by atoms with Gasteiger partial charge in [0, 0.05) is 30.3 Å². The number of hydrogen-bond donors (Lipinski definition) is 3. The number of carbonyl (C=O) groups is 4. The number of rotatable bonds is 9. The first-order valence-electron chi connectivity index (χ1n) is 11.0. The van der Waals surface area contributed by atoms with Crippen LogP contribution in [0.25, 0.3) is 0 Å². The Morgan fingerprint density at radius 3 is 2.24 bits per heavy atom. The van der Waals surface area contributed by atoms with Crippen LogP contribution >= 0.6 is 0 Å². The number of nitrogens with zero attached hydrogens (tertiary/aromatic N) is 1. The zero-order valence-electron chi connectivity index (χ0n) is 20.5. The molecule has 1 saturated heterocycles. The van der Waals surface area contributed by atoms with E-state index in [0.717, 1.165) is 0 Å². The largest absolute Gasteiger partial charge is 0.497 e. The standard InChI is InChI=1S/C22H24N2O7.C2HF3O2/c1-22(2,21(27)28)31-17-10-15(29-3)6-7-16(17)20(26)13-4-9-19(23-11-13)30-12-14-5-8-18(25)24-14;3-2(4,5)1(6)7/h4,6-7,9-11,14H,5,8,12H2,1-3H3,(H,24,25)(H,27,28);(H,6,7)/t14-;/m0./s1. The summed E-state index contributed by atoms with van der Waals surface area (Å²) >= 11 is 0. The number of halogens is 3. The van der Waals surface area contributed by atoms with Gasteiger partial charge < -0.3 is 29.7 Å². The predicted octanol–water partition coefficient (Wildman–Crippen LogP) is 2.85. The highest BCUT2D eigenvalue weighted by Crippen LogP contribution is 2.30. The average Bonchev–Trinajstić information content (AvgIpc) is 3.27. The minimum atomic E-state index is -5.08. The molecule has 1 atom stereocenters. The number of aromatic nitrogens is 1. The van der Waals surface area contributed by atoms with Crippen LogP contribution in [0.1, 0.15) is 42.6 Å². The minimum Gasteiger partial charge on any atom is -0.497 e. The van der Waals surface area contributed by atoms with Gasteiger partial charge in [0.1, 0.15) is 18.1 Å². The van der Waals surface area contributed by atoms with Crippen LogP contribution < -0.4 is 19.5 Å². The number of hydrogen-bond acceptors (Lipinski definition) is 8. The number of carboxylic acid groups (broad SMARTS) is 2. The summed E-state index contributed by atoms with van der Waals surface area (Å²) in [5.41, 5.74) is -1.09. The van der Waals surface area contributed by atoms with Gasteiger partial charge in [-0.1, -0.05) is 0 Å². The van der Waals surface area contributed by atoms with Crippen molar-refractivity contribution in [2.75, 3.05) is 13.7 Å². The lowest BCUT2D eigenvalue weighted by Gasteiger charge is -2.23. The number of alkyl halides is 3. The zero-order valence-corrected chi connectivity index (χ0v) is 20.5. The molecule has 2 aromatic rings. The molecule has 11 nitrogen and oxygen atoms in total. The first-order chi connectivity index (χ1) is 17.6. The van der Waals surface area contributed by atoms with Gasteiger partial charge in [0.05, 0.1) is 18.7 Å². The van der Waals surface area contributed by atoms with Crippen molar-refractivity contribution in [2.45, 2.75) is 44.5 Å². The highest BCUT2D eigenvalue weighted by atomic mass is 19.4. The van der Waals surface area contributed by atoms with Gasteiger partial charge in [-0.25, -0.2) is 14.6 Å². The van der Waals surface area contributed by atoms with E-state index in [1.165, 1.54) is 39.3 Å². The molecule has 3 rings (SSSR count). The number of benzene rings is 1. The normalized spacial score (nSPS) is 15.0. The third-order valence-electron chi connectivity index (χ3n) is 5.07. The number of nitrogens with one attached hydrogen (secondary N) is 1. The summed E-state index contributed by atoms with van der Waals surface area (Å²) in [6.45, 7) is 3.08. The van der Waals surface area contributed by atoms with Crippen LogP contribution in [0.4, 0.5) is 13.2 Å². The Balaban J connectivity index is 0.000000638. The van der Waals surface area contributed by atoms with Gasteiger partial charge in [0.2, 0.25) is 11.8 Å². The second kappa shape index (κ2) is 12.3. The Labute approximate surface area is 214 Å². The minimum absolute atomic E-state index is 0.00564. The Bertz CT molecular complexity index is 1180. The molecule has 2 heterocycles. The molecule has 1 aliphatic rings. The van der Waals surface area contributed by atoms with Crippen molar-refractivity contribution in [1.29, 1.82) is 0 Å². The van der Waals surface area contributed by atoms with Crippen molar-refractivity contribution in [2.24, 2.45) is 0 Å². The maximum absolute atomic E-state index is 13.0. The third kappa shape index (κ3) is 8.35. The summed E-state index contributed by atoms with van der Waals surface area (Å²) in [7, 11) is 1.46. The summed E-state index contributed by atoms with van der Waals surface area (Å²) in [4.78, 5) is 48.8. The first-order valence-corrected chi connectivity index (χ1v) is 11.0. The van der Waals surface area contributed by atoms with Gasteiger partial charge in [-0.2, -0.15) is 13.2 Å². The molecule has 0 bridgehead atoms. The van der Waals surface area contributed by atoms with E-state index in [2.05, 4.69) is 10.3 Å². The van der Waals surface area contributed by atoms with Crippen LogP contribution in [-0.4, -0.2) is 70.4 Å². The maximum Gasteiger partial charge on any atom is 0.490 e. The average molecular weight is 542 g/mol. The molecule has 0 spiro atoms. The van der Waals surface area contributed by atoms with E-state index in [-0.39, 0.29) is 34.6 Å². The highest BCUT2D eigenvalue weighted by Gasteiger charge is 2.38. The van der Waals surface area contributed by atoms with E-state index in [9.17, 15) is 32.7 Å². The molecule has 206 valence electrons. The van der Waals surface area contributed by atoms with Crippen LogP contribution in [-0.2, 0) is 14.4 Å². The quantitative estimate of drug-likeness (QED) is 0.402. The Morgan fingerprint density at radius 2 is 1.76 bits per heavy atom. The number of carbonyl (C=O) groups excluding carboxylic acids is 2. The first kappa shape index (κ1) is 29.9. The van der Waals surface area contributed by atoms with Crippen LogP contribution in [0, 0.1) is 0 Å². The number of carboxylic acids is 2. The van der Waals surface area contributed by atoms with Crippen LogP contribution in [0.2, 0.25) is 0 Å². The Hall–Kier alpha value is -4.36. The topological polar surface area (TPSA) is 161 Å². The summed E-state index contributed by atoms with van der Waals surface area (Å²) in [5, 5.41) is 19.3. The molecule has 14 heteroatoms. The van der Waals surface area contributed by atoms with Crippen LogP contribution in [0.15, 0.2) is 36.5 Å².